The predicted octanol–water partition coefficient (Wildman–Crippen LogP) is 4.51. The van der Waals surface area contributed by atoms with Gasteiger partial charge in [0.2, 0.25) is 0 Å². The summed E-state index contributed by atoms with van der Waals surface area (Å²) < 4.78 is 0. The van der Waals surface area contributed by atoms with Crippen LogP contribution < -0.4 is 0 Å². The number of hydrogen-bond acceptors (Lipinski definition) is 1. The van der Waals surface area contributed by atoms with E-state index in [0.29, 0.717) is 0 Å². The van der Waals surface area contributed by atoms with Gasteiger partial charge in [0.05, 0.1) is 0 Å². The third kappa shape index (κ3) is 202. The second kappa shape index (κ2) is 66.7. The van der Waals surface area contributed by atoms with E-state index < -0.39 is 0 Å². The summed E-state index contributed by atoms with van der Waals surface area (Å²) in [6.45, 7) is 16.8. The molecule has 0 heterocycles. The smallest absolute Gasteiger partial charge is 0.0273 e. The Hall–Kier alpha value is -0.850. The van der Waals surface area contributed by atoms with Gasteiger partial charge in [0, 0.05) is 7.05 Å². The SMILES string of the molecule is C=CC=C.CC.CC.CCC=NC. The van der Waals surface area contributed by atoms with Crippen molar-refractivity contribution < 1.29 is 0 Å². The lowest BCUT2D eigenvalue weighted by atomic mass is 10.5. The van der Waals surface area contributed by atoms with Crippen LogP contribution in [0.15, 0.2) is 30.3 Å². The van der Waals surface area contributed by atoms with E-state index in [2.05, 4.69) is 25.1 Å². The van der Waals surface area contributed by atoms with Crippen LogP contribution in [0.5, 0.6) is 0 Å². The van der Waals surface area contributed by atoms with Crippen LogP contribution in [0.1, 0.15) is 41.0 Å². The Kier molecular flexibility index (Phi) is 117. The lowest BCUT2D eigenvalue weighted by Gasteiger charge is -1.65. The summed E-state index contributed by atoms with van der Waals surface area (Å²) >= 11 is 0. The molecule has 0 aromatic rings. The first-order chi connectivity index (χ1) is 6.33. The van der Waals surface area contributed by atoms with E-state index in [9.17, 15) is 0 Å². The van der Waals surface area contributed by atoms with Gasteiger partial charge in [-0.15, -0.1) is 0 Å². The largest absolute Gasteiger partial charge is 0.301 e. The molecule has 0 atom stereocenters. The first kappa shape index (κ1) is 22.7. The minimum absolute atomic E-state index is 1.05. The Morgan fingerprint density at radius 1 is 1.00 bits per heavy atom. The molecular formula is C12H27N. The Morgan fingerprint density at radius 2 is 1.31 bits per heavy atom. The van der Waals surface area contributed by atoms with Crippen LogP contribution in [0.4, 0.5) is 0 Å². The summed E-state index contributed by atoms with van der Waals surface area (Å²) in [5.41, 5.74) is 0. The first-order valence-electron chi connectivity index (χ1n) is 4.97. The molecule has 0 saturated heterocycles. The fourth-order valence-electron chi connectivity index (χ4n) is 0.183. The monoisotopic (exact) mass is 185 g/mol. The van der Waals surface area contributed by atoms with Crippen molar-refractivity contribution >= 4 is 6.21 Å². The molecular weight excluding hydrogens is 158 g/mol. The van der Waals surface area contributed by atoms with Gasteiger partial charge in [0.1, 0.15) is 0 Å². The maximum Gasteiger partial charge on any atom is 0.0273 e. The van der Waals surface area contributed by atoms with Crippen LogP contribution in [-0.2, 0) is 0 Å². The summed E-state index contributed by atoms with van der Waals surface area (Å²) in [6.07, 6.45) is 6.20. The average Bonchev–Trinajstić information content (AvgIpc) is 2.25. The molecule has 0 unspecified atom stereocenters. The van der Waals surface area contributed by atoms with Crippen molar-refractivity contribution in [1.82, 2.24) is 0 Å². The van der Waals surface area contributed by atoms with Gasteiger partial charge in [-0.2, -0.15) is 0 Å². The van der Waals surface area contributed by atoms with Gasteiger partial charge in [-0.25, -0.2) is 0 Å². The first-order valence-corrected chi connectivity index (χ1v) is 4.97. The van der Waals surface area contributed by atoms with Crippen LogP contribution in [-0.4, -0.2) is 13.3 Å². The zero-order valence-corrected chi connectivity index (χ0v) is 10.3. The fourth-order valence-corrected chi connectivity index (χ4v) is 0.183. The van der Waals surface area contributed by atoms with Crippen LogP contribution in [0, 0.1) is 0 Å². The van der Waals surface area contributed by atoms with Gasteiger partial charge in [0.25, 0.3) is 0 Å². The summed E-state index contributed by atoms with van der Waals surface area (Å²) in [5.74, 6) is 0. The van der Waals surface area contributed by atoms with Gasteiger partial charge >= 0.3 is 0 Å². The van der Waals surface area contributed by atoms with Gasteiger partial charge in [-0.1, -0.05) is 59.9 Å². The highest BCUT2D eigenvalue weighted by atomic mass is 14.6. The number of allylic oxidation sites excluding steroid dienone is 2. The molecule has 0 aromatic heterocycles. The van der Waals surface area contributed by atoms with Crippen molar-refractivity contribution in [3.63, 3.8) is 0 Å². The van der Waals surface area contributed by atoms with E-state index in [4.69, 9.17) is 0 Å². The summed E-state index contributed by atoms with van der Waals surface area (Å²) in [7, 11) is 1.78. The molecule has 0 spiro atoms. The van der Waals surface area contributed by atoms with Crippen LogP contribution >= 0.6 is 0 Å². The van der Waals surface area contributed by atoms with Gasteiger partial charge in [-0.05, 0) is 12.6 Å². The molecule has 80 valence electrons. The third-order valence-electron chi connectivity index (χ3n) is 0.532. The van der Waals surface area contributed by atoms with Crippen molar-refractivity contribution in [2.24, 2.45) is 4.99 Å². The van der Waals surface area contributed by atoms with Crippen molar-refractivity contribution in [2.45, 2.75) is 41.0 Å². The Morgan fingerprint density at radius 3 is 1.31 bits per heavy atom. The van der Waals surface area contributed by atoms with Crippen molar-refractivity contribution in [3.05, 3.63) is 25.3 Å². The van der Waals surface area contributed by atoms with E-state index in [0.717, 1.165) is 6.42 Å². The summed E-state index contributed by atoms with van der Waals surface area (Å²) in [5, 5.41) is 0. The molecule has 0 fully saturated rings. The van der Waals surface area contributed by atoms with Crippen molar-refractivity contribution in [1.29, 1.82) is 0 Å². The third-order valence-corrected chi connectivity index (χ3v) is 0.532. The van der Waals surface area contributed by atoms with E-state index >= 15 is 0 Å². The highest BCUT2D eigenvalue weighted by Gasteiger charge is 1.53. The number of nitrogens with zero attached hydrogens (tertiary/aromatic N) is 1. The Labute approximate surface area is 85.3 Å². The molecule has 0 aromatic carbocycles. The summed E-state index contributed by atoms with van der Waals surface area (Å²) in [6, 6.07) is 0. The second-order valence-corrected chi connectivity index (χ2v) is 1.32. The fraction of sp³-hybridized carbons (Fsp3) is 0.583. The topological polar surface area (TPSA) is 12.4 Å². The number of rotatable bonds is 2. The minimum Gasteiger partial charge on any atom is -0.301 e. The highest BCUT2D eigenvalue weighted by Crippen LogP contribution is 1.60. The Balaban J connectivity index is -0.0000000457. The van der Waals surface area contributed by atoms with Crippen molar-refractivity contribution in [2.75, 3.05) is 7.05 Å². The van der Waals surface area contributed by atoms with E-state index in [1.807, 2.05) is 33.9 Å². The van der Waals surface area contributed by atoms with E-state index in [-0.39, 0.29) is 0 Å². The van der Waals surface area contributed by atoms with E-state index in [1.54, 1.807) is 19.2 Å². The molecule has 1 heteroatoms. The molecule has 0 aliphatic rings. The Bertz CT molecular complexity index is 77.1. The standard InChI is InChI=1S/C4H9N.C4H6.2C2H6/c1-3-4-5-2;1-3-4-2;2*1-2/h4H,3H2,1-2H3;3-4H,1-2H2;2*1-2H3. The molecule has 13 heavy (non-hydrogen) atoms. The average molecular weight is 185 g/mol. The quantitative estimate of drug-likeness (QED) is 0.443. The van der Waals surface area contributed by atoms with Gasteiger partial charge < -0.3 is 4.99 Å². The summed E-state index contributed by atoms with van der Waals surface area (Å²) in [4.78, 5) is 3.73. The van der Waals surface area contributed by atoms with Crippen LogP contribution in [0.2, 0.25) is 0 Å². The predicted molar refractivity (Wildman–Crippen MR) is 67.8 cm³/mol. The van der Waals surface area contributed by atoms with Gasteiger partial charge in [-0.3, -0.25) is 0 Å². The molecule has 0 aliphatic heterocycles. The second-order valence-electron chi connectivity index (χ2n) is 1.32. The molecule has 0 saturated carbocycles. The molecule has 0 bridgehead atoms. The maximum atomic E-state index is 3.73. The van der Waals surface area contributed by atoms with Crippen LogP contribution in [0.25, 0.3) is 0 Å². The van der Waals surface area contributed by atoms with Gasteiger partial charge in [0.15, 0.2) is 0 Å². The molecule has 0 radical (unpaired) electrons. The lowest BCUT2D eigenvalue weighted by molar-refractivity contribution is 1.29. The number of hydrogen-bond donors (Lipinski definition) is 0. The van der Waals surface area contributed by atoms with E-state index in [1.165, 1.54) is 0 Å². The number of aliphatic imine (C=N–C) groups is 1. The molecule has 1 nitrogen and oxygen atoms in total. The van der Waals surface area contributed by atoms with Crippen molar-refractivity contribution in [3.8, 4) is 0 Å². The normalized spacial score (nSPS) is 6.31. The zero-order valence-electron chi connectivity index (χ0n) is 10.3. The molecule has 0 aliphatic carbocycles. The minimum atomic E-state index is 1.05. The zero-order chi connectivity index (χ0) is 11.5. The highest BCUT2D eigenvalue weighted by molar-refractivity contribution is 5.56. The van der Waals surface area contributed by atoms with Crippen LogP contribution in [0.3, 0.4) is 0 Å². The molecule has 0 N–H and O–H groups in total. The maximum absolute atomic E-state index is 3.73. The molecule has 0 amide bonds. The molecule has 0 rings (SSSR count). The lowest BCUT2D eigenvalue weighted by Crippen LogP contribution is -1.60.